The fraction of sp³-hybridized carbons (Fsp3) is 0.458. The Labute approximate surface area is 187 Å². The van der Waals surface area contributed by atoms with Gasteiger partial charge in [-0.15, -0.1) is 11.8 Å². The molecule has 31 heavy (non-hydrogen) atoms. The van der Waals surface area contributed by atoms with Crippen molar-refractivity contribution in [3.05, 3.63) is 48.0 Å². The molecule has 6 nitrogen and oxygen atoms in total. The highest BCUT2D eigenvalue weighted by atomic mass is 32.2. The monoisotopic (exact) mass is 443 g/mol. The molecule has 0 spiro atoms. The molecule has 2 atom stereocenters. The zero-order chi connectivity index (χ0) is 21.6. The zero-order valence-electron chi connectivity index (χ0n) is 18.0. The highest BCUT2D eigenvalue weighted by Gasteiger charge is 2.31. The summed E-state index contributed by atoms with van der Waals surface area (Å²) < 4.78 is 22.3. The number of nitrogens with zero attached hydrogens (tertiary/aromatic N) is 1. The van der Waals surface area contributed by atoms with Crippen LogP contribution in [-0.2, 0) is 9.53 Å². The number of ether oxygens (including phenoxy) is 4. The van der Waals surface area contributed by atoms with E-state index in [1.807, 2.05) is 47.4 Å². The smallest absolute Gasteiger partial charge is 0.223 e. The maximum atomic E-state index is 12.6. The number of hydrogen-bond donors (Lipinski definition) is 0. The third kappa shape index (κ3) is 5.46. The van der Waals surface area contributed by atoms with Crippen molar-refractivity contribution >= 4 is 17.7 Å². The Morgan fingerprint density at radius 3 is 2.65 bits per heavy atom. The topological polar surface area (TPSA) is 57.2 Å². The van der Waals surface area contributed by atoms with E-state index in [1.54, 1.807) is 26.0 Å². The fourth-order valence-corrected chi connectivity index (χ4v) is 4.86. The van der Waals surface area contributed by atoms with Crippen LogP contribution in [0, 0.1) is 0 Å². The van der Waals surface area contributed by atoms with E-state index in [2.05, 4.69) is 0 Å². The van der Waals surface area contributed by atoms with E-state index < -0.39 is 0 Å². The van der Waals surface area contributed by atoms with Gasteiger partial charge in [-0.25, -0.2) is 0 Å². The second-order valence-electron chi connectivity index (χ2n) is 7.74. The van der Waals surface area contributed by atoms with Gasteiger partial charge in [0.25, 0.3) is 0 Å². The highest BCUT2D eigenvalue weighted by Crippen LogP contribution is 2.36. The Balaban J connectivity index is 1.34. The van der Waals surface area contributed by atoms with Crippen molar-refractivity contribution < 1.29 is 23.7 Å². The number of likely N-dealkylation sites (tertiary alicyclic amines) is 1. The normalized spacial score (nSPS) is 20.8. The molecule has 0 aliphatic carbocycles. The maximum Gasteiger partial charge on any atom is 0.223 e. The number of hydrogen-bond acceptors (Lipinski definition) is 6. The average molecular weight is 444 g/mol. The predicted molar refractivity (Wildman–Crippen MR) is 120 cm³/mol. The first-order valence-electron chi connectivity index (χ1n) is 10.7. The van der Waals surface area contributed by atoms with E-state index in [1.165, 1.54) is 4.90 Å². The van der Waals surface area contributed by atoms with Crippen molar-refractivity contribution in [2.24, 2.45) is 0 Å². The van der Waals surface area contributed by atoms with Crippen molar-refractivity contribution in [1.82, 2.24) is 4.90 Å². The number of thioether (sulfide) groups is 1. The van der Waals surface area contributed by atoms with Crippen LogP contribution in [-0.4, -0.2) is 56.8 Å². The Hall–Kier alpha value is -2.38. The van der Waals surface area contributed by atoms with Gasteiger partial charge in [-0.1, -0.05) is 6.07 Å². The molecule has 0 radical (unpaired) electrons. The molecule has 0 aromatic heterocycles. The van der Waals surface area contributed by atoms with E-state index in [9.17, 15) is 4.79 Å². The lowest BCUT2D eigenvalue weighted by Gasteiger charge is -2.19. The van der Waals surface area contributed by atoms with Crippen molar-refractivity contribution in [2.75, 3.05) is 39.7 Å². The first-order chi connectivity index (χ1) is 15.2. The lowest BCUT2D eigenvalue weighted by molar-refractivity contribution is -0.127. The van der Waals surface area contributed by atoms with Gasteiger partial charge >= 0.3 is 0 Å². The molecule has 2 aromatic carbocycles. The number of amides is 1. The number of benzene rings is 2. The van der Waals surface area contributed by atoms with Crippen molar-refractivity contribution in [3.8, 4) is 17.2 Å². The summed E-state index contributed by atoms with van der Waals surface area (Å²) in [4.78, 5) is 15.7. The van der Waals surface area contributed by atoms with Crippen LogP contribution in [0.1, 0.15) is 30.7 Å². The largest absolute Gasteiger partial charge is 0.497 e. The van der Waals surface area contributed by atoms with E-state index >= 15 is 0 Å². The second-order valence-corrected chi connectivity index (χ2v) is 8.90. The standard InChI is InChI=1S/C24H29NO5S/c1-27-19-6-8-20(9-7-19)31-13-11-25-16-18(15-23(25)26)17-5-10-21(28-2)22(14-17)30-24-4-3-12-29-24/h5-10,14,18,24H,3-4,11-13,15-16H2,1-2H3/t18-,24?/m1/s1. The molecular formula is C24H29NO5S. The number of methoxy groups -OCH3 is 2. The van der Waals surface area contributed by atoms with Crippen molar-refractivity contribution in [1.29, 1.82) is 0 Å². The molecule has 4 rings (SSSR count). The van der Waals surface area contributed by atoms with Gasteiger partial charge in [-0.2, -0.15) is 0 Å². The molecule has 2 heterocycles. The molecule has 1 unspecified atom stereocenters. The third-order valence-electron chi connectivity index (χ3n) is 5.71. The minimum absolute atomic E-state index is 0.163. The molecule has 7 heteroatoms. The van der Waals surface area contributed by atoms with Gasteiger partial charge in [0, 0.05) is 42.5 Å². The average Bonchev–Trinajstić information content (AvgIpc) is 3.44. The summed E-state index contributed by atoms with van der Waals surface area (Å²) in [6.45, 7) is 2.20. The Kier molecular flexibility index (Phi) is 7.25. The Morgan fingerprint density at radius 1 is 1.10 bits per heavy atom. The van der Waals surface area contributed by atoms with E-state index in [0.29, 0.717) is 17.9 Å². The Morgan fingerprint density at radius 2 is 1.94 bits per heavy atom. The quantitative estimate of drug-likeness (QED) is 0.538. The fourth-order valence-electron chi connectivity index (χ4n) is 3.98. The van der Waals surface area contributed by atoms with Crippen LogP contribution in [0.15, 0.2) is 47.4 Å². The van der Waals surface area contributed by atoms with Gasteiger partial charge < -0.3 is 23.8 Å². The molecule has 0 saturated carbocycles. The molecule has 2 aliphatic heterocycles. The summed E-state index contributed by atoms with van der Waals surface area (Å²) in [5.41, 5.74) is 1.10. The summed E-state index contributed by atoms with van der Waals surface area (Å²) in [6.07, 6.45) is 2.20. The van der Waals surface area contributed by atoms with E-state index in [0.717, 1.165) is 49.6 Å². The third-order valence-corrected chi connectivity index (χ3v) is 6.70. The van der Waals surface area contributed by atoms with Crippen molar-refractivity contribution in [2.45, 2.75) is 36.4 Å². The van der Waals surface area contributed by atoms with Crippen LogP contribution in [0.3, 0.4) is 0 Å². The molecule has 2 fully saturated rings. The van der Waals surface area contributed by atoms with Crippen LogP contribution in [0.25, 0.3) is 0 Å². The number of carbonyl (C=O) groups excluding carboxylic acids is 1. The summed E-state index contributed by atoms with van der Waals surface area (Å²) >= 11 is 1.75. The molecule has 1 amide bonds. The van der Waals surface area contributed by atoms with Crippen molar-refractivity contribution in [3.63, 3.8) is 0 Å². The van der Waals surface area contributed by atoms with Gasteiger partial charge in [0.2, 0.25) is 5.91 Å². The molecule has 0 bridgehead atoms. The van der Waals surface area contributed by atoms with E-state index in [4.69, 9.17) is 18.9 Å². The SMILES string of the molecule is COc1ccc(SCCN2C[C@H](c3ccc(OC)c(OC4CCCO4)c3)CC2=O)cc1. The van der Waals surface area contributed by atoms with E-state index in [-0.39, 0.29) is 18.1 Å². The lowest BCUT2D eigenvalue weighted by Crippen LogP contribution is -2.27. The van der Waals surface area contributed by atoms with Crippen LogP contribution >= 0.6 is 11.8 Å². The van der Waals surface area contributed by atoms with Gasteiger partial charge in [0.1, 0.15) is 5.75 Å². The molecule has 0 N–H and O–H groups in total. The predicted octanol–water partition coefficient (Wildman–Crippen LogP) is 4.33. The molecule has 2 aromatic rings. The first-order valence-corrected chi connectivity index (χ1v) is 11.7. The lowest BCUT2D eigenvalue weighted by atomic mass is 9.98. The summed E-state index contributed by atoms with van der Waals surface area (Å²) in [7, 11) is 3.30. The summed E-state index contributed by atoms with van der Waals surface area (Å²) in [5.74, 6) is 3.46. The van der Waals surface area contributed by atoms with Gasteiger partial charge in [-0.05, 0) is 48.4 Å². The second kappa shape index (κ2) is 10.3. The number of carbonyl (C=O) groups is 1. The molecule has 2 saturated heterocycles. The highest BCUT2D eigenvalue weighted by molar-refractivity contribution is 7.99. The van der Waals surface area contributed by atoms with Gasteiger partial charge in [0.05, 0.1) is 20.8 Å². The minimum atomic E-state index is -0.221. The Bertz CT molecular complexity index is 882. The van der Waals surface area contributed by atoms with Crippen LogP contribution < -0.4 is 14.2 Å². The maximum absolute atomic E-state index is 12.6. The minimum Gasteiger partial charge on any atom is -0.497 e. The molecular weight excluding hydrogens is 414 g/mol. The molecule has 166 valence electrons. The van der Waals surface area contributed by atoms with Crippen LogP contribution in [0.4, 0.5) is 0 Å². The summed E-state index contributed by atoms with van der Waals surface area (Å²) in [6, 6.07) is 14.0. The van der Waals surface area contributed by atoms with Gasteiger partial charge in [0.15, 0.2) is 17.8 Å². The van der Waals surface area contributed by atoms with Crippen LogP contribution in [0.5, 0.6) is 17.2 Å². The first kappa shape index (κ1) is 21.8. The summed E-state index contributed by atoms with van der Waals surface area (Å²) in [5, 5.41) is 0. The zero-order valence-corrected chi connectivity index (χ0v) is 18.9. The molecule has 2 aliphatic rings. The van der Waals surface area contributed by atoms with Crippen LogP contribution in [0.2, 0.25) is 0 Å². The number of rotatable bonds is 9. The van der Waals surface area contributed by atoms with Gasteiger partial charge in [-0.3, -0.25) is 4.79 Å².